The first-order chi connectivity index (χ1) is 17.9. The fourth-order valence-corrected chi connectivity index (χ4v) is 5.26. The van der Waals surface area contributed by atoms with Crippen molar-refractivity contribution >= 4 is 40.5 Å². The Morgan fingerprint density at radius 3 is 2.62 bits per heavy atom. The van der Waals surface area contributed by atoms with Crippen LogP contribution in [0.1, 0.15) is 35.7 Å². The number of benzene rings is 1. The van der Waals surface area contributed by atoms with Crippen LogP contribution in [0.15, 0.2) is 36.5 Å². The molecule has 0 radical (unpaired) electrons. The third-order valence-electron chi connectivity index (χ3n) is 7.26. The average molecular weight is 500 g/mol. The molecule has 1 atom stereocenters. The Hall–Kier alpha value is -4.41. The molecule has 0 saturated carbocycles. The van der Waals surface area contributed by atoms with Crippen LogP contribution < -0.4 is 10.2 Å². The van der Waals surface area contributed by atoms with Crippen LogP contribution in [0.2, 0.25) is 0 Å². The summed E-state index contributed by atoms with van der Waals surface area (Å²) in [4.78, 5) is 68.3. The van der Waals surface area contributed by atoms with Crippen molar-refractivity contribution < 1.29 is 19.2 Å². The zero-order valence-corrected chi connectivity index (χ0v) is 20.3. The minimum Gasteiger partial charge on any atom is -0.352 e. The Labute approximate surface area is 212 Å². The normalized spacial score (nSPS) is 19.9. The van der Waals surface area contributed by atoms with Gasteiger partial charge in [-0.3, -0.25) is 24.5 Å². The number of piperidine rings is 1. The predicted molar refractivity (Wildman–Crippen MR) is 133 cm³/mol. The highest BCUT2D eigenvalue weighted by Gasteiger charge is 2.39. The van der Waals surface area contributed by atoms with E-state index in [1.54, 1.807) is 19.2 Å². The van der Waals surface area contributed by atoms with E-state index < -0.39 is 11.9 Å². The monoisotopic (exact) mass is 499 g/mol. The van der Waals surface area contributed by atoms with Gasteiger partial charge in [-0.2, -0.15) is 0 Å². The van der Waals surface area contributed by atoms with E-state index in [9.17, 15) is 19.2 Å². The maximum absolute atomic E-state index is 13.1. The molecule has 11 heteroatoms. The molecule has 3 aromatic rings. The van der Waals surface area contributed by atoms with E-state index in [2.05, 4.69) is 15.2 Å². The number of hydrogen-bond donors (Lipinski definition) is 1. The number of carbonyl (C=O) groups is 4. The smallest absolute Gasteiger partial charge is 0.255 e. The van der Waals surface area contributed by atoms with Crippen molar-refractivity contribution in [2.75, 3.05) is 31.1 Å². The van der Waals surface area contributed by atoms with Crippen LogP contribution in [-0.2, 0) is 20.9 Å². The number of nitrogens with one attached hydrogen (secondary N) is 1. The van der Waals surface area contributed by atoms with Crippen molar-refractivity contribution in [1.29, 1.82) is 0 Å². The quantitative estimate of drug-likeness (QED) is 0.531. The van der Waals surface area contributed by atoms with Gasteiger partial charge >= 0.3 is 0 Å². The highest BCUT2D eigenvalue weighted by molar-refractivity contribution is 6.05. The Morgan fingerprint density at radius 2 is 1.86 bits per heavy atom. The Kier molecular flexibility index (Phi) is 5.54. The first kappa shape index (κ1) is 23.0. The highest BCUT2D eigenvalue weighted by atomic mass is 16.2. The van der Waals surface area contributed by atoms with E-state index in [0.29, 0.717) is 49.6 Å². The Bertz CT molecular complexity index is 1460. The van der Waals surface area contributed by atoms with Gasteiger partial charge in [-0.1, -0.05) is 6.07 Å². The SMILES string of the molecule is CC(=O)N1CCN(c2nc(-c3ccc4c(c3)CN(C3CCC(=O)NC3=O)C4=O)nc3ncccc23)CC1. The molecule has 37 heavy (non-hydrogen) atoms. The van der Waals surface area contributed by atoms with E-state index >= 15 is 0 Å². The number of aromatic nitrogens is 3. The molecule has 4 amide bonds. The third-order valence-corrected chi connectivity index (χ3v) is 7.26. The van der Waals surface area contributed by atoms with Crippen molar-refractivity contribution in [2.45, 2.75) is 32.4 Å². The van der Waals surface area contributed by atoms with Crippen LogP contribution in [0.5, 0.6) is 0 Å². The molecule has 2 saturated heterocycles. The van der Waals surface area contributed by atoms with Gasteiger partial charge in [0.1, 0.15) is 11.9 Å². The van der Waals surface area contributed by atoms with Gasteiger partial charge in [0.05, 0.1) is 5.39 Å². The molecule has 6 rings (SSSR count). The maximum atomic E-state index is 13.1. The van der Waals surface area contributed by atoms with Crippen LogP contribution in [0.4, 0.5) is 5.82 Å². The summed E-state index contributed by atoms with van der Waals surface area (Å²) in [5, 5.41) is 3.17. The van der Waals surface area contributed by atoms with Gasteiger partial charge in [-0.05, 0) is 36.2 Å². The van der Waals surface area contributed by atoms with E-state index in [1.807, 2.05) is 29.2 Å². The van der Waals surface area contributed by atoms with Crippen LogP contribution in [0, 0.1) is 0 Å². The summed E-state index contributed by atoms with van der Waals surface area (Å²) >= 11 is 0. The number of hydrogen-bond acceptors (Lipinski definition) is 8. The lowest BCUT2D eigenvalue weighted by atomic mass is 10.0. The van der Waals surface area contributed by atoms with Crippen molar-refractivity contribution in [2.24, 2.45) is 0 Å². The first-order valence-corrected chi connectivity index (χ1v) is 12.3. The lowest BCUT2D eigenvalue weighted by Gasteiger charge is -2.35. The summed E-state index contributed by atoms with van der Waals surface area (Å²) in [5.41, 5.74) is 2.63. The third kappa shape index (κ3) is 4.05. The fourth-order valence-electron chi connectivity index (χ4n) is 5.26. The molecule has 3 aliphatic heterocycles. The summed E-state index contributed by atoms with van der Waals surface area (Å²) in [6, 6.07) is 8.58. The van der Waals surface area contributed by atoms with E-state index in [4.69, 9.17) is 9.97 Å². The second kappa shape index (κ2) is 8.91. The number of amides is 4. The summed E-state index contributed by atoms with van der Waals surface area (Å²) in [5.74, 6) is 0.349. The molecule has 188 valence electrons. The fraction of sp³-hybridized carbons (Fsp3) is 0.346. The molecule has 1 N–H and O–H groups in total. The predicted octanol–water partition coefficient (Wildman–Crippen LogP) is 1.12. The molecule has 2 fully saturated rings. The zero-order valence-electron chi connectivity index (χ0n) is 20.3. The number of rotatable bonds is 3. The highest BCUT2D eigenvalue weighted by Crippen LogP contribution is 2.32. The molecular formula is C26H25N7O4. The van der Waals surface area contributed by atoms with E-state index in [0.717, 1.165) is 22.3 Å². The Morgan fingerprint density at radius 1 is 1.05 bits per heavy atom. The Balaban J connectivity index is 1.32. The zero-order chi connectivity index (χ0) is 25.7. The summed E-state index contributed by atoms with van der Waals surface area (Å²) in [6.07, 6.45) is 2.22. The number of anilines is 1. The number of nitrogens with zero attached hydrogens (tertiary/aromatic N) is 6. The van der Waals surface area contributed by atoms with Gasteiger partial charge in [-0.25, -0.2) is 15.0 Å². The molecule has 0 spiro atoms. The number of fused-ring (bicyclic) bond motifs is 2. The number of piperazine rings is 1. The molecule has 3 aliphatic rings. The minimum atomic E-state index is -0.664. The van der Waals surface area contributed by atoms with E-state index in [1.165, 1.54) is 4.90 Å². The van der Waals surface area contributed by atoms with Crippen LogP contribution in [-0.4, -0.2) is 80.6 Å². The summed E-state index contributed by atoms with van der Waals surface area (Å²) < 4.78 is 0. The molecule has 1 aromatic carbocycles. The van der Waals surface area contributed by atoms with Crippen molar-refractivity contribution in [3.05, 3.63) is 47.7 Å². The molecule has 1 unspecified atom stereocenters. The van der Waals surface area contributed by atoms with Gasteiger partial charge in [0.2, 0.25) is 17.7 Å². The average Bonchev–Trinajstić information content (AvgIpc) is 3.23. The van der Waals surface area contributed by atoms with Crippen LogP contribution >= 0.6 is 0 Å². The maximum Gasteiger partial charge on any atom is 0.255 e. The molecule has 2 aromatic heterocycles. The molecular weight excluding hydrogens is 474 g/mol. The second-order valence-corrected chi connectivity index (χ2v) is 9.51. The van der Waals surface area contributed by atoms with Crippen molar-refractivity contribution in [3.63, 3.8) is 0 Å². The lowest BCUT2D eigenvalue weighted by molar-refractivity contribution is -0.137. The van der Waals surface area contributed by atoms with Crippen LogP contribution in [0.25, 0.3) is 22.4 Å². The van der Waals surface area contributed by atoms with Crippen LogP contribution in [0.3, 0.4) is 0 Å². The number of carbonyl (C=O) groups excluding carboxylic acids is 4. The second-order valence-electron chi connectivity index (χ2n) is 9.51. The molecule has 5 heterocycles. The van der Waals surface area contributed by atoms with Gasteiger partial charge in [0.15, 0.2) is 11.5 Å². The standard InChI is InChI=1S/C26H25N7O4/c1-15(34)31-9-11-32(12-10-31)24-19-3-2-8-27-23(19)29-22(30-24)16-4-5-18-17(13-16)14-33(26(18)37)20-6-7-21(35)28-25(20)36/h2-5,8,13,20H,6-7,9-12,14H2,1H3,(H,28,35,36). The van der Waals surface area contributed by atoms with E-state index in [-0.39, 0.29) is 30.7 Å². The summed E-state index contributed by atoms with van der Waals surface area (Å²) in [7, 11) is 0. The van der Waals surface area contributed by atoms with Gasteiger partial charge in [0.25, 0.3) is 5.91 Å². The van der Waals surface area contributed by atoms with Crippen molar-refractivity contribution in [1.82, 2.24) is 30.1 Å². The number of imide groups is 1. The first-order valence-electron chi connectivity index (χ1n) is 12.3. The van der Waals surface area contributed by atoms with Gasteiger partial charge < -0.3 is 14.7 Å². The molecule has 11 nitrogen and oxygen atoms in total. The lowest BCUT2D eigenvalue weighted by Crippen LogP contribution is -2.52. The molecule has 0 aliphatic carbocycles. The summed E-state index contributed by atoms with van der Waals surface area (Å²) in [6.45, 7) is 4.40. The van der Waals surface area contributed by atoms with Gasteiger partial charge in [0, 0.05) is 63.4 Å². The minimum absolute atomic E-state index is 0.0635. The largest absolute Gasteiger partial charge is 0.352 e. The topological polar surface area (TPSA) is 129 Å². The van der Waals surface area contributed by atoms with Gasteiger partial charge in [-0.15, -0.1) is 0 Å². The molecule has 0 bridgehead atoms. The van der Waals surface area contributed by atoms with Crippen molar-refractivity contribution in [3.8, 4) is 11.4 Å². The number of pyridine rings is 1.